The second-order valence-electron chi connectivity index (χ2n) is 4.99. The molecule has 0 saturated carbocycles. The van der Waals surface area contributed by atoms with Gasteiger partial charge in [0.15, 0.2) is 0 Å². The minimum absolute atomic E-state index is 0.116. The number of carbonyl (C=O) groups is 2. The molecule has 0 bridgehead atoms. The van der Waals surface area contributed by atoms with Crippen LogP contribution in [0.2, 0.25) is 0 Å². The average molecular weight is 297 g/mol. The SMILES string of the molecule is CC(=O)Nc1ccccc1NCC(=O)Nc1ccc(C)cc1. The highest BCUT2D eigenvalue weighted by Crippen LogP contribution is 2.20. The van der Waals surface area contributed by atoms with Gasteiger partial charge in [-0.15, -0.1) is 0 Å². The molecule has 0 aliphatic rings. The first-order valence-electron chi connectivity index (χ1n) is 7.01. The predicted molar refractivity (Wildman–Crippen MR) is 89.0 cm³/mol. The molecule has 0 spiro atoms. The summed E-state index contributed by atoms with van der Waals surface area (Å²) < 4.78 is 0. The molecule has 114 valence electrons. The van der Waals surface area contributed by atoms with E-state index in [9.17, 15) is 9.59 Å². The Labute approximate surface area is 129 Å². The van der Waals surface area contributed by atoms with Gasteiger partial charge in [-0.1, -0.05) is 29.8 Å². The maximum atomic E-state index is 11.9. The molecule has 0 aliphatic carbocycles. The maximum absolute atomic E-state index is 11.9. The number of carbonyl (C=O) groups excluding carboxylic acids is 2. The van der Waals surface area contributed by atoms with Crippen LogP contribution in [0.15, 0.2) is 48.5 Å². The number of amides is 2. The van der Waals surface area contributed by atoms with Crippen molar-refractivity contribution in [3.63, 3.8) is 0 Å². The second kappa shape index (κ2) is 7.26. The van der Waals surface area contributed by atoms with Crippen LogP contribution in [0.4, 0.5) is 17.1 Å². The van der Waals surface area contributed by atoms with Crippen LogP contribution >= 0.6 is 0 Å². The molecular formula is C17H19N3O2. The monoisotopic (exact) mass is 297 g/mol. The highest BCUT2D eigenvalue weighted by atomic mass is 16.2. The van der Waals surface area contributed by atoms with Crippen LogP contribution in [0, 0.1) is 6.92 Å². The zero-order valence-electron chi connectivity index (χ0n) is 12.6. The van der Waals surface area contributed by atoms with Gasteiger partial charge in [-0.25, -0.2) is 0 Å². The van der Waals surface area contributed by atoms with Crippen molar-refractivity contribution in [3.8, 4) is 0 Å². The Bertz CT molecular complexity index is 666. The molecule has 0 fully saturated rings. The van der Waals surface area contributed by atoms with Crippen LogP contribution in [-0.4, -0.2) is 18.4 Å². The van der Waals surface area contributed by atoms with Crippen molar-refractivity contribution in [2.24, 2.45) is 0 Å². The fourth-order valence-corrected chi connectivity index (χ4v) is 1.95. The van der Waals surface area contributed by atoms with Gasteiger partial charge in [0.1, 0.15) is 0 Å². The third-order valence-corrected chi connectivity index (χ3v) is 3.01. The molecule has 0 unspecified atom stereocenters. The Kier molecular flexibility index (Phi) is 5.14. The largest absolute Gasteiger partial charge is 0.374 e. The summed E-state index contributed by atoms with van der Waals surface area (Å²) in [5.41, 5.74) is 3.25. The van der Waals surface area contributed by atoms with Crippen LogP contribution in [0.25, 0.3) is 0 Å². The van der Waals surface area contributed by atoms with Crippen LogP contribution in [-0.2, 0) is 9.59 Å². The first-order valence-corrected chi connectivity index (χ1v) is 7.01. The summed E-state index contributed by atoms with van der Waals surface area (Å²) >= 11 is 0. The Morgan fingerprint density at radius 3 is 2.18 bits per heavy atom. The Balaban J connectivity index is 1.93. The highest BCUT2D eigenvalue weighted by Gasteiger charge is 2.06. The minimum Gasteiger partial charge on any atom is -0.374 e. The minimum atomic E-state index is -0.154. The molecule has 2 rings (SSSR count). The topological polar surface area (TPSA) is 70.2 Å². The van der Waals surface area contributed by atoms with Crippen molar-refractivity contribution in [2.45, 2.75) is 13.8 Å². The number of hydrogen-bond acceptors (Lipinski definition) is 3. The zero-order valence-corrected chi connectivity index (χ0v) is 12.6. The van der Waals surface area contributed by atoms with Crippen LogP contribution in [0.5, 0.6) is 0 Å². The molecule has 0 aromatic heterocycles. The fraction of sp³-hybridized carbons (Fsp3) is 0.176. The standard InChI is InChI=1S/C17H19N3O2/c1-12-7-9-14(10-8-12)20-17(22)11-18-15-5-3-4-6-16(15)19-13(2)21/h3-10,18H,11H2,1-2H3,(H,19,21)(H,20,22). The summed E-state index contributed by atoms with van der Waals surface area (Å²) in [5.74, 6) is -0.306. The molecule has 3 N–H and O–H groups in total. The summed E-state index contributed by atoms with van der Waals surface area (Å²) in [5, 5.41) is 8.55. The molecule has 0 aliphatic heterocycles. The molecule has 2 aromatic rings. The number of para-hydroxylation sites is 2. The number of anilines is 3. The van der Waals surface area contributed by atoms with Gasteiger partial charge in [0.2, 0.25) is 11.8 Å². The lowest BCUT2D eigenvalue weighted by atomic mass is 10.2. The van der Waals surface area contributed by atoms with Crippen molar-refractivity contribution in [3.05, 3.63) is 54.1 Å². The van der Waals surface area contributed by atoms with Crippen molar-refractivity contribution >= 4 is 28.9 Å². The summed E-state index contributed by atoms with van der Waals surface area (Å²) in [6.45, 7) is 3.55. The Hall–Kier alpha value is -2.82. The van der Waals surface area contributed by atoms with E-state index in [4.69, 9.17) is 0 Å². The fourth-order valence-electron chi connectivity index (χ4n) is 1.95. The lowest BCUT2D eigenvalue weighted by Crippen LogP contribution is -2.22. The summed E-state index contributed by atoms with van der Waals surface area (Å²) in [4.78, 5) is 23.1. The quantitative estimate of drug-likeness (QED) is 0.794. The molecule has 2 amide bonds. The van der Waals surface area contributed by atoms with Crippen LogP contribution in [0.3, 0.4) is 0 Å². The van der Waals surface area contributed by atoms with Gasteiger partial charge in [-0.3, -0.25) is 9.59 Å². The Morgan fingerprint density at radius 1 is 0.909 bits per heavy atom. The van der Waals surface area contributed by atoms with Crippen LogP contribution < -0.4 is 16.0 Å². The van der Waals surface area contributed by atoms with Gasteiger partial charge in [0.05, 0.1) is 17.9 Å². The van der Waals surface area contributed by atoms with E-state index in [1.807, 2.05) is 49.4 Å². The van der Waals surface area contributed by atoms with E-state index in [1.54, 1.807) is 6.07 Å². The third-order valence-electron chi connectivity index (χ3n) is 3.01. The first-order chi connectivity index (χ1) is 10.5. The molecule has 0 radical (unpaired) electrons. The number of hydrogen-bond donors (Lipinski definition) is 3. The van der Waals surface area contributed by atoms with E-state index in [2.05, 4.69) is 16.0 Å². The smallest absolute Gasteiger partial charge is 0.243 e. The van der Waals surface area contributed by atoms with Gasteiger partial charge in [0.25, 0.3) is 0 Å². The van der Waals surface area contributed by atoms with Crippen molar-refractivity contribution in [1.82, 2.24) is 0 Å². The lowest BCUT2D eigenvalue weighted by molar-refractivity contribution is -0.115. The van der Waals surface area contributed by atoms with E-state index in [1.165, 1.54) is 6.92 Å². The van der Waals surface area contributed by atoms with Crippen molar-refractivity contribution in [2.75, 3.05) is 22.5 Å². The molecule has 5 heteroatoms. The number of rotatable bonds is 5. The summed E-state index contributed by atoms with van der Waals surface area (Å²) in [7, 11) is 0. The van der Waals surface area contributed by atoms with Gasteiger partial charge >= 0.3 is 0 Å². The van der Waals surface area contributed by atoms with Gasteiger partial charge in [-0.2, -0.15) is 0 Å². The third kappa shape index (κ3) is 4.63. The van der Waals surface area contributed by atoms with E-state index < -0.39 is 0 Å². The number of benzene rings is 2. The van der Waals surface area contributed by atoms with E-state index in [-0.39, 0.29) is 18.4 Å². The molecule has 2 aromatic carbocycles. The molecule has 5 nitrogen and oxygen atoms in total. The summed E-state index contributed by atoms with van der Waals surface area (Å²) in [6, 6.07) is 14.8. The van der Waals surface area contributed by atoms with Crippen molar-refractivity contribution < 1.29 is 9.59 Å². The van der Waals surface area contributed by atoms with Crippen molar-refractivity contribution in [1.29, 1.82) is 0 Å². The predicted octanol–water partition coefficient (Wildman–Crippen LogP) is 3.00. The van der Waals surface area contributed by atoms with E-state index in [0.717, 1.165) is 11.3 Å². The lowest BCUT2D eigenvalue weighted by Gasteiger charge is -2.12. The van der Waals surface area contributed by atoms with Crippen LogP contribution in [0.1, 0.15) is 12.5 Å². The molecule has 22 heavy (non-hydrogen) atoms. The van der Waals surface area contributed by atoms with E-state index in [0.29, 0.717) is 11.4 Å². The first kappa shape index (κ1) is 15.6. The zero-order chi connectivity index (χ0) is 15.9. The molecule has 0 atom stereocenters. The highest BCUT2D eigenvalue weighted by molar-refractivity contribution is 5.96. The summed E-state index contributed by atoms with van der Waals surface area (Å²) in [6.07, 6.45) is 0. The Morgan fingerprint density at radius 2 is 1.55 bits per heavy atom. The maximum Gasteiger partial charge on any atom is 0.243 e. The average Bonchev–Trinajstić information content (AvgIpc) is 2.48. The van der Waals surface area contributed by atoms with Gasteiger partial charge < -0.3 is 16.0 Å². The number of aryl methyl sites for hydroxylation is 1. The van der Waals surface area contributed by atoms with Gasteiger partial charge in [0, 0.05) is 12.6 Å². The van der Waals surface area contributed by atoms with Gasteiger partial charge in [-0.05, 0) is 31.2 Å². The number of nitrogens with one attached hydrogen (secondary N) is 3. The molecule has 0 saturated heterocycles. The molecular weight excluding hydrogens is 278 g/mol. The van der Waals surface area contributed by atoms with E-state index >= 15 is 0 Å². The second-order valence-corrected chi connectivity index (χ2v) is 4.99. The normalized spacial score (nSPS) is 9.91. The molecule has 0 heterocycles.